The van der Waals surface area contributed by atoms with Crippen molar-refractivity contribution < 1.29 is 26.8 Å². The molecule has 11 heteroatoms. The highest BCUT2D eigenvalue weighted by atomic mass is 35.5. The Hall–Kier alpha value is -3.92. The molecule has 0 radical (unpaired) electrons. The number of pyridine rings is 1. The number of nitrogens with zero attached hydrogens (tertiary/aromatic N) is 2. The van der Waals surface area contributed by atoms with Crippen molar-refractivity contribution in [3.8, 4) is 11.1 Å². The number of oxazole rings is 1. The molecule has 0 aliphatic heterocycles. The minimum atomic E-state index is -4.71. The number of nitrogens with one attached hydrogen (secondary N) is 2. The predicted octanol–water partition coefficient (Wildman–Crippen LogP) is 5.97. The lowest BCUT2D eigenvalue weighted by atomic mass is 9.97. The average molecular weight is 519 g/mol. The van der Waals surface area contributed by atoms with Crippen molar-refractivity contribution in [3.05, 3.63) is 106 Å². The number of alkyl halides is 3. The third-order valence-electron chi connectivity index (χ3n) is 5.47. The van der Waals surface area contributed by atoms with Crippen LogP contribution in [-0.2, 0) is 12.7 Å². The molecule has 1 unspecified atom stereocenters. The first-order chi connectivity index (χ1) is 17.0. The predicted molar refractivity (Wildman–Crippen MR) is 124 cm³/mol. The first-order valence-corrected chi connectivity index (χ1v) is 11.0. The number of hydrogen-bond donors (Lipinski definition) is 2. The highest BCUT2D eigenvalue weighted by Gasteiger charge is 2.35. The van der Waals surface area contributed by atoms with Gasteiger partial charge < -0.3 is 9.73 Å². The number of carbonyl (C=O) groups excluding carboxylic acids is 1. The van der Waals surface area contributed by atoms with Crippen molar-refractivity contribution in [3.63, 3.8) is 0 Å². The molecule has 0 aliphatic carbocycles. The lowest BCUT2D eigenvalue weighted by molar-refractivity contribution is -0.140. The summed E-state index contributed by atoms with van der Waals surface area (Å²) in [6, 6.07) is 10.5. The van der Waals surface area contributed by atoms with Crippen molar-refractivity contribution in [1.82, 2.24) is 14.9 Å². The highest BCUT2D eigenvalue weighted by Crippen LogP contribution is 2.36. The van der Waals surface area contributed by atoms with Crippen LogP contribution in [-0.4, -0.2) is 15.5 Å². The molecule has 0 saturated carbocycles. The molecule has 0 spiro atoms. The van der Waals surface area contributed by atoms with E-state index in [9.17, 15) is 22.4 Å². The Balaban J connectivity index is 1.75. The van der Waals surface area contributed by atoms with Crippen LogP contribution in [0, 0.1) is 11.2 Å². The minimum absolute atomic E-state index is 0.0776. The summed E-state index contributed by atoms with van der Waals surface area (Å²) in [6.45, 7) is 1.75. The van der Waals surface area contributed by atoms with Gasteiger partial charge in [-0.3, -0.25) is 19.8 Å². The molecule has 0 aliphatic rings. The Morgan fingerprint density at radius 1 is 1.22 bits per heavy atom. The van der Waals surface area contributed by atoms with E-state index in [1.807, 2.05) is 0 Å². The monoisotopic (exact) mass is 518 g/mol. The van der Waals surface area contributed by atoms with E-state index in [1.54, 1.807) is 6.92 Å². The Morgan fingerprint density at radius 3 is 2.67 bits per heavy atom. The van der Waals surface area contributed by atoms with Crippen LogP contribution >= 0.6 is 11.6 Å². The van der Waals surface area contributed by atoms with E-state index in [0.29, 0.717) is 11.1 Å². The molecular formula is C25H19ClF4N4O2. The molecule has 2 heterocycles. The molecule has 2 N–H and O–H groups in total. The quantitative estimate of drug-likeness (QED) is 0.308. The largest absolute Gasteiger partial charge is 0.433 e. The summed E-state index contributed by atoms with van der Waals surface area (Å²) in [7, 11) is 0. The van der Waals surface area contributed by atoms with E-state index < -0.39 is 29.6 Å². The van der Waals surface area contributed by atoms with E-state index in [1.165, 1.54) is 65.6 Å². The molecule has 2 aromatic carbocycles. The Kier molecular flexibility index (Phi) is 6.98. The van der Waals surface area contributed by atoms with Gasteiger partial charge in [0.15, 0.2) is 5.69 Å². The van der Waals surface area contributed by atoms with Gasteiger partial charge in [-0.25, -0.2) is 4.39 Å². The normalized spacial score (nSPS) is 12.4. The van der Waals surface area contributed by atoms with E-state index >= 15 is 0 Å². The standard InChI is InChI=1S/C25H19ClF4N4O2/c1-14(16-4-5-21(27)20(26)12-16)33-23(35)18-10-15(13-34-7-8-36-24(34)31)9-17(11-18)19-3-2-6-32-22(19)25(28,29)30/h2-12,14,31H,13H2,1H3,(H,33,35). The van der Waals surface area contributed by atoms with Gasteiger partial charge in [0.25, 0.3) is 11.6 Å². The molecule has 4 aromatic rings. The van der Waals surface area contributed by atoms with Crippen LogP contribution in [0.1, 0.15) is 40.1 Å². The second kappa shape index (κ2) is 9.98. The molecule has 186 valence electrons. The molecule has 2 aromatic heterocycles. The van der Waals surface area contributed by atoms with E-state index in [-0.39, 0.29) is 33.9 Å². The molecule has 0 fully saturated rings. The van der Waals surface area contributed by atoms with Gasteiger partial charge in [-0.1, -0.05) is 23.7 Å². The summed E-state index contributed by atoms with van der Waals surface area (Å²) in [5, 5.41) is 10.5. The van der Waals surface area contributed by atoms with E-state index in [0.717, 1.165) is 6.20 Å². The second-order valence-corrected chi connectivity index (χ2v) is 8.43. The van der Waals surface area contributed by atoms with Crippen LogP contribution in [0.5, 0.6) is 0 Å². The Bertz CT molecular complexity index is 1480. The minimum Gasteiger partial charge on any atom is -0.432 e. The van der Waals surface area contributed by atoms with Crippen molar-refractivity contribution in [1.29, 1.82) is 5.41 Å². The average Bonchev–Trinajstić information content (AvgIpc) is 3.24. The number of aromatic nitrogens is 2. The number of carbonyl (C=O) groups is 1. The van der Waals surface area contributed by atoms with Gasteiger partial charge in [0.2, 0.25) is 0 Å². The van der Waals surface area contributed by atoms with E-state index in [4.69, 9.17) is 21.4 Å². The SMILES string of the molecule is CC(NC(=O)c1cc(Cn2ccoc2=N)cc(-c2cccnc2C(F)(F)F)c1)c1ccc(F)c(Cl)c1. The molecule has 6 nitrogen and oxygen atoms in total. The van der Waals surface area contributed by atoms with Crippen molar-refractivity contribution in [2.75, 3.05) is 0 Å². The van der Waals surface area contributed by atoms with E-state index in [2.05, 4.69) is 10.3 Å². The Morgan fingerprint density at radius 2 is 2.00 bits per heavy atom. The van der Waals surface area contributed by atoms with Gasteiger partial charge in [-0.15, -0.1) is 0 Å². The number of benzene rings is 2. The number of rotatable bonds is 6. The molecule has 1 amide bonds. The molecule has 4 rings (SSSR count). The van der Waals surface area contributed by atoms with Gasteiger partial charge in [-0.05, 0) is 60.0 Å². The molecule has 0 saturated heterocycles. The number of amides is 1. The summed E-state index contributed by atoms with van der Waals surface area (Å²) in [4.78, 5) is 16.7. The fourth-order valence-corrected chi connectivity index (χ4v) is 3.89. The van der Waals surface area contributed by atoms with Gasteiger partial charge in [0, 0.05) is 23.5 Å². The van der Waals surface area contributed by atoms with Crippen LogP contribution in [0.15, 0.2) is 71.6 Å². The van der Waals surface area contributed by atoms with Crippen LogP contribution in [0.25, 0.3) is 11.1 Å². The van der Waals surface area contributed by atoms with Crippen LogP contribution in [0.2, 0.25) is 5.02 Å². The zero-order chi connectivity index (χ0) is 26.0. The summed E-state index contributed by atoms with van der Waals surface area (Å²) in [5.41, 5.74) is -0.202. The Labute approximate surface area is 207 Å². The third-order valence-corrected chi connectivity index (χ3v) is 5.76. The van der Waals surface area contributed by atoms with Crippen molar-refractivity contribution in [2.24, 2.45) is 0 Å². The summed E-state index contributed by atoms with van der Waals surface area (Å²) < 4.78 is 60.9. The van der Waals surface area contributed by atoms with Crippen molar-refractivity contribution in [2.45, 2.75) is 25.7 Å². The zero-order valence-corrected chi connectivity index (χ0v) is 19.5. The van der Waals surface area contributed by atoms with Crippen LogP contribution in [0.4, 0.5) is 17.6 Å². The van der Waals surface area contributed by atoms with Crippen molar-refractivity contribution >= 4 is 17.5 Å². The van der Waals surface area contributed by atoms with Gasteiger partial charge in [0.1, 0.15) is 12.1 Å². The summed E-state index contributed by atoms with van der Waals surface area (Å²) in [5.74, 6) is -1.16. The topological polar surface area (TPSA) is 83.9 Å². The van der Waals surface area contributed by atoms with Crippen LogP contribution < -0.4 is 11.0 Å². The maximum atomic E-state index is 13.7. The van der Waals surface area contributed by atoms with Gasteiger partial charge in [-0.2, -0.15) is 13.2 Å². The number of halogens is 5. The second-order valence-electron chi connectivity index (χ2n) is 8.02. The smallest absolute Gasteiger partial charge is 0.432 e. The first kappa shape index (κ1) is 25.2. The molecule has 1 atom stereocenters. The summed E-state index contributed by atoms with van der Waals surface area (Å²) >= 11 is 5.84. The van der Waals surface area contributed by atoms with Crippen LogP contribution in [0.3, 0.4) is 0 Å². The first-order valence-electron chi connectivity index (χ1n) is 10.6. The third kappa shape index (κ3) is 5.49. The summed E-state index contributed by atoms with van der Waals surface area (Å²) in [6.07, 6.45) is -0.857. The maximum Gasteiger partial charge on any atom is 0.433 e. The maximum absolute atomic E-state index is 13.7. The molecule has 0 bridgehead atoms. The van der Waals surface area contributed by atoms with Gasteiger partial charge >= 0.3 is 6.18 Å². The fourth-order valence-electron chi connectivity index (χ4n) is 3.70. The molecule has 36 heavy (non-hydrogen) atoms. The van der Waals surface area contributed by atoms with Gasteiger partial charge in [0.05, 0.1) is 17.6 Å². The molecular weight excluding hydrogens is 500 g/mol. The highest BCUT2D eigenvalue weighted by molar-refractivity contribution is 6.30. The number of hydrogen-bond acceptors (Lipinski definition) is 4. The fraction of sp³-hybridized carbons (Fsp3) is 0.160. The lowest BCUT2D eigenvalue weighted by Gasteiger charge is -2.17. The lowest BCUT2D eigenvalue weighted by Crippen LogP contribution is -2.27. The zero-order valence-electron chi connectivity index (χ0n) is 18.7.